The molecular formula is C12H15FO. The van der Waals surface area contributed by atoms with E-state index in [2.05, 4.69) is 0 Å². The molecule has 0 aliphatic heterocycles. The first kappa shape index (κ1) is 9.66. The van der Waals surface area contributed by atoms with Crippen molar-refractivity contribution >= 4 is 0 Å². The van der Waals surface area contributed by atoms with Crippen molar-refractivity contribution in [3.8, 4) is 0 Å². The van der Waals surface area contributed by atoms with Gasteiger partial charge in [0.2, 0.25) is 0 Å². The maximum atomic E-state index is 13.2. The molecule has 0 spiro atoms. The van der Waals surface area contributed by atoms with E-state index >= 15 is 0 Å². The van der Waals surface area contributed by atoms with Gasteiger partial charge in [-0.1, -0.05) is 30.3 Å². The van der Waals surface area contributed by atoms with Crippen LogP contribution in [0.2, 0.25) is 0 Å². The number of hydrogen-bond acceptors (Lipinski definition) is 1. The van der Waals surface area contributed by atoms with E-state index in [-0.39, 0.29) is 12.5 Å². The van der Waals surface area contributed by atoms with E-state index in [0.29, 0.717) is 6.61 Å². The molecule has 0 radical (unpaired) electrons. The standard InChI is InChI=1S/C12H15FO/c13-12(11-6-7-11)9-14-8-10-4-2-1-3-5-10/h1-5,11-12H,6-9H2. The fourth-order valence-electron chi connectivity index (χ4n) is 1.46. The van der Waals surface area contributed by atoms with E-state index in [9.17, 15) is 4.39 Å². The number of hydrogen-bond donors (Lipinski definition) is 0. The second kappa shape index (κ2) is 4.56. The second-order valence-corrected chi connectivity index (χ2v) is 3.85. The van der Waals surface area contributed by atoms with Crippen LogP contribution in [-0.2, 0) is 11.3 Å². The minimum atomic E-state index is -0.751. The molecule has 1 fully saturated rings. The maximum Gasteiger partial charge on any atom is 0.126 e. The van der Waals surface area contributed by atoms with Crippen molar-refractivity contribution in [1.82, 2.24) is 0 Å². The summed E-state index contributed by atoms with van der Waals surface area (Å²) in [6, 6.07) is 9.87. The van der Waals surface area contributed by atoms with Gasteiger partial charge >= 0.3 is 0 Å². The van der Waals surface area contributed by atoms with E-state index in [1.54, 1.807) is 0 Å². The van der Waals surface area contributed by atoms with Crippen molar-refractivity contribution in [2.45, 2.75) is 25.6 Å². The van der Waals surface area contributed by atoms with Gasteiger partial charge in [0.25, 0.3) is 0 Å². The minimum Gasteiger partial charge on any atom is -0.374 e. The van der Waals surface area contributed by atoms with Gasteiger partial charge in [0.05, 0.1) is 13.2 Å². The van der Waals surface area contributed by atoms with E-state index in [1.807, 2.05) is 30.3 Å². The van der Waals surface area contributed by atoms with Gasteiger partial charge in [-0.25, -0.2) is 4.39 Å². The summed E-state index contributed by atoms with van der Waals surface area (Å²) in [6.45, 7) is 0.771. The molecule has 0 saturated heterocycles. The Hall–Kier alpha value is -0.890. The average molecular weight is 194 g/mol. The number of rotatable bonds is 5. The van der Waals surface area contributed by atoms with Crippen LogP contribution < -0.4 is 0 Å². The molecule has 1 saturated carbocycles. The number of ether oxygens (including phenoxy) is 1. The lowest BCUT2D eigenvalue weighted by molar-refractivity contribution is 0.0614. The zero-order valence-corrected chi connectivity index (χ0v) is 8.16. The van der Waals surface area contributed by atoms with Crippen molar-refractivity contribution in [2.24, 2.45) is 5.92 Å². The predicted molar refractivity (Wildman–Crippen MR) is 53.7 cm³/mol. The average Bonchev–Trinajstić information content (AvgIpc) is 3.02. The van der Waals surface area contributed by atoms with Crippen LogP contribution in [0.15, 0.2) is 30.3 Å². The summed E-state index contributed by atoms with van der Waals surface area (Å²) < 4.78 is 18.5. The fraction of sp³-hybridized carbons (Fsp3) is 0.500. The Balaban J connectivity index is 1.67. The van der Waals surface area contributed by atoms with E-state index in [4.69, 9.17) is 4.74 Å². The smallest absolute Gasteiger partial charge is 0.126 e. The Labute approximate surface area is 83.9 Å². The Morgan fingerprint density at radius 1 is 1.29 bits per heavy atom. The normalized spacial score (nSPS) is 18.1. The molecule has 1 aromatic carbocycles. The molecule has 1 aliphatic carbocycles. The van der Waals surface area contributed by atoms with Gasteiger partial charge in [0.1, 0.15) is 6.17 Å². The Morgan fingerprint density at radius 3 is 2.64 bits per heavy atom. The molecule has 76 valence electrons. The van der Waals surface area contributed by atoms with Gasteiger partial charge in [-0.15, -0.1) is 0 Å². The van der Waals surface area contributed by atoms with Crippen molar-refractivity contribution in [2.75, 3.05) is 6.61 Å². The first-order chi connectivity index (χ1) is 6.86. The van der Waals surface area contributed by atoms with Crippen molar-refractivity contribution < 1.29 is 9.13 Å². The molecule has 1 aromatic rings. The number of alkyl halides is 1. The van der Waals surface area contributed by atoms with Crippen LogP contribution in [0.25, 0.3) is 0 Å². The van der Waals surface area contributed by atoms with Crippen molar-refractivity contribution in [1.29, 1.82) is 0 Å². The molecule has 0 N–H and O–H groups in total. The van der Waals surface area contributed by atoms with Crippen LogP contribution in [0, 0.1) is 5.92 Å². The highest BCUT2D eigenvalue weighted by atomic mass is 19.1. The van der Waals surface area contributed by atoms with Crippen LogP contribution in [0.5, 0.6) is 0 Å². The van der Waals surface area contributed by atoms with Gasteiger partial charge in [0, 0.05) is 0 Å². The highest BCUT2D eigenvalue weighted by Gasteiger charge is 2.31. The van der Waals surface area contributed by atoms with Crippen LogP contribution in [0.1, 0.15) is 18.4 Å². The number of halogens is 1. The summed E-state index contributed by atoms with van der Waals surface area (Å²) >= 11 is 0. The second-order valence-electron chi connectivity index (χ2n) is 3.85. The molecule has 14 heavy (non-hydrogen) atoms. The maximum absolute atomic E-state index is 13.2. The van der Waals surface area contributed by atoms with Gasteiger partial charge < -0.3 is 4.74 Å². The Bertz CT molecular complexity index is 269. The summed E-state index contributed by atoms with van der Waals surface area (Å²) in [5.41, 5.74) is 1.11. The molecule has 1 aliphatic rings. The van der Waals surface area contributed by atoms with E-state index in [1.165, 1.54) is 0 Å². The lowest BCUT2D eigenvalue weighted by atomic mass is 10.2. The molecule has 0 amide bonds. The predicted octanol–water partition coefficient (Wildman–Crippen LogP) is 2.95. The monoisotopic (exact) mass is 194 g/mol. The third kappa shape index (κ3) is 2.81. The lowest BCUT2D eigenvalue weighted by Gasteiger charge is -2.07. The topological polar surface area (TPSA) is 9.23 Å². The Morgan fingerprint density at radius 2 is 2.00 bits per heavy atom. The minimum absolute atomic E-state index is 0.250. The molecule has 1 atom stereocenters. The summed E-state index contributed by atoms with van der Waals surface area (Å²) in [4.78, 5) is 0. The highest BCUT2D eigenvalue weighted by Crippen LogP contribution is 2.34. The SMILES string of the molecule is FC(COCc1ccccc1)C1CC1. The molecule has 0 bridgehead atoms. The molecule has 0 aromatic heterocycles. The molecule has 1 nitrogen and oxygen atoms in total. The molecule has 2 heteroatoms. The summed E-state index contributed by atoms with van der Waals surface area (Å²) in [5.74, 6) is 0.283. The first-order valence-corrected chi connectivity index (χ1v) is 5.12. The fourth-order valence-corrected chi connectivity index (χ4v) is 1.46. The van der Waals surface area contributed by atoms with E-state index in [0.717, 1.165) is 18.4 Å². The third-order valence-corrected chi connectivity index (χ3v) is 2.52. The quantitative estimate of drug-likeness (QED) is 0.700. The highest BCUT2D eigenvalue weighted by molar-refractivity contribution is 5.13. The van der Waals surface area contributed by atoms with Crippen molar-refractivity contribution in [3.05, 3.63) is 35.9 Å². The largest absolute Gasteiger partial charge is 0.374 e. The van der Waals surface area contributed by atoms with Crippen LogP contribution in [0.4, 0.5) is 4.39 Å². The third-order valence-electron chi connectivity index (χ3n) is 2.52. The van der Waals surface area contributed by atoms with Gasteiger partial charge in [-0.2, -0.15) is 0 Å². The zero-order chi connectivity index (χ0) is 9.80. The summed E-state index contributed by atoms with van der Waals surface area (Å²) in [7, 11) is 0. The molecule has 0 heterocycles. The van der Waals surface area contributed by atoms with E-state index < -0.39 is 6.17 Å². The van der Waals surface area contributed by atoms with Crippen LogP contribution in [0.3, 0.4) is 0 Å². The summed E-state index contributed by atoms with van der Waals surface area (Å²) in [6.07, 6.45) is 1.32. The van der Waals surface area contributed by atoms with Gasteiger partial charge in [-0.3, -0.25) is 0 Å². The lowest BCUT2D eigenvalue weighted by Crippen LogP contribution is -2.12. The molecular weight excluding hydrogens is 179 g/mol. The molecule has 1 unspecified atom stereocenters. The van der Waals surface area contributed by atoms with Crippen LogP contribution >= 0.6 is 0 Å². The Kier molecular flexibility index (Phi) is 3.14. The zero-order valence-electron chi connectivity index (χ0n) is 8.16. The molecule has 2 rings (SSSR count). The van der Waals surface area contributed by atoms with Gasteiger partial charge in [0.15, 0.2) is 0 Å². The summed E-state index contributed by atoms with van der Waals surface area (Å²) in [5, 5.41) is 0. The van der Waals surface area contributed by atoms with Crippen molar-refractivity contribution in [3.63, 3.8) is 0 Å². The first-order valence-electron chi connectivity index (χ1n) is 5.12. The van der Waals surface area contributed by atoms with Gasteiger partial charge in [-0.05, 0) is 24.3 Å². The van der Waals surface area contributed by atoms with Crippen LogP contribution in [-0.4, -0.2) is 12.8 Å². The number of benzene rings is 1.